The fourth-order valence-corrected chi connectivity index (χ4v) is 4.62. The molecule has 3 rings (SSSR count). The van der Waals surface area contributed by atoms with Crippen LogP contribution >= 0.6 is 35.6 Å². The average molecular weight is 517 g/mol. The third-order valence-corrected chi connectivity index (χ3v) is 6.71. The topological polar surface area (TPSA) is 75.7 Å². The highest BCUT2D eigenvalue weighted by molar-refractivity contribution is 8.26. The van der Waals surface area contributed by atoms with Gasteiger partial charge >= 0.3 is 5.97 Å². The zero-order valence-corrected chi connectivity index (χ0v) is 21.1. The van der Waals surface area contributed by atoms with Gasteiger partial charge in [0.15, 0.2) is 0 Å². The Morgan fingerprint density at radius 3 is 2.59 bits per heavy atom. The Balaban J connectivity index is 1.46. The molecule has 1 saturated heterocycles. The van der Waals surface area contributed by atoms with Gasteiger partial charge in [0, 0.05) is 23.7 Å². The van der Waals surface area contributed by atoms with Crippen molar-refractivity contribution < 1.29 is 19.1 Å². The molecule has 0 aromatic heterocycles. The Kier molecular flexibility index (Phi) is 9.68. The molecule has 0 unspecified atom stereocenters. The molecule has 1 fully saturated rings. The number of hydrogen-bond donors (Lipinski definition) is 1. The van der Waals surface area contributed by atoms with Crippen LogP contribution in [0.3, 0.4) is 0 Å². The number of amides is 2. The maximum Gasteiger partial charge on any atom is 0.338 e. The summed E-state index contributed by atoms with van der Waals surface area (Å²) in [5.74, 6) is -0.745. The van der Waals surface area contributed by atoms with Crippen molar-refractivity contribution in [1.82, 2.24) is 4.90 Å². The maximum atomic E-state index is 12.7. The highest BCUT2D eigenvalue weighted by atomic mass is 35.5. The molecule has 0 aliphatic carbocycles. The Hall–Kier alpha value is -2.68. The number of carbonyl (C=O) groups excluding carboxylic acids is 3. The van der Waals surface area contributed by atoms with Gasteiger partial charge in [-0.3, -0.25) is 14.5 Å². The number of nitrogens with zero attached hydrogens (tertiary/aromatic N) is 1. The molecule has 0 saturated carbocycles. The first kappa shape index (κ1) is 25.9. The van der Waals surface area contributed by atoms with E-state index in [0.29, 0.717) is 45.1 Å². The van der Waals surface area contributed by atoms with Gasteiger partial charge in [-0.05, 0) is 54.8 Å². The average Bonchev–Trinajstić information content (AvgIpc) is 3.08. The lowest BCUT2D eigenvalue weighted by molar-refractivity contribution is -0.122. The largest absolute Gasteiger partial charge is 0.462 e. The predicted molar refractivity (Wildman–Crippen MR) is 141 cm³/mol. The highest BCUT2D eigenvalue weighted by Gasteiger charge is 2.31. The molecule has 2 aromatic carbocycles. The second-order valence-electron chi connectivity index (χ2n) is 7.57. The molecule has 1 N–H and O–H groups in total. The van der Waals surface area contributed by atoms with Crippen molar-refractivity contribution in [2.45, 2.75) is 32.6 Å². The van der Waals surface area contributed by atoms with Crippen LogP contribution in [0.5, 0.6) is 0 Å². The monoisotopic (exact) mass is 516 g/mol. The van der Waals surface area contributed by atoms with Crippen LogP contribution < -0.4 is 5.32 Å². The fourth-order valence-electron chi connectivity index (χ4n) is 3.13. The minimum absolute atomic E-state index is 0.184. The molecule has 2 amide bonds. The van der Waals surface area contributed by atoms with Gasteiger partial charge in [-0.1, -0.05) is 67.1 Å². The van der Waals surface area contributed by atoms with Crippen molar-refractivity contribution in [2.75, 3.05) is 18.5 Å². The van der Waals surface area contributed by atoms with E-state index >= 15 is 0 Å². The van der Waals surface area contributed by atoms with Crippen LogP contribution in [0.15, 0.2) is 53.4 Å². The normalized spacial score (nSPS) is 14.5. The maximum absolute atomic E-state index is 12.7. The van der Waals surface area contributed by atoms with Crippen molar-refractivity contribution >= 4 is 69.4 Å². The third kappa shape index (κ3) is 7.16. The summed E-state index contributed by atoms with van der Waals surface area (Å²) in [7, 11) is 0. The zero-order valence-electron chi connectivity index (χ0n) is 18.7. The summed E-state index contributed by atoms with van der Waals surface area (Å²) in [6, 6.07) is 13.8. The summed E-state index contributed by atoms with van der Waals surface area (Å²) >= 11 is 12.8. The summed E-state index contributed by atoms with van der Waals surface area (Å²) in [6.45, 7) is 2.77. The SMILES string of the molecule is CCCCOC(=O)c1ccc(NC(=O)CCCN2C(=O)/C(=C\c3ccccc3Cl)SC2=S)cc1. The third-order valence-electron chi connectivity index (χ3n) is 4.99. The first-order chi connectivity index (χ1) is 16.4. The van der Waals surface area contributed by atoms with Crippen LogP contribution in [0.25, 0.3) is 6.08 Å². The summed E-state index contributed by atoms with van der Waals surface area (Å²) in [6.07, 6.45) is 4.19. The first-order valence-electron chi connectivity index (χ1n) is 11.0. The van der Waals surface area contributed by atoms with Crippen LogP contribution in [0, 0.1) is 0 Å². The number of unbranched alkanes of at least 4 members (excludes halogenated alkanes) is 1. The molecule has 1 aliphatic rings. The molecule has 178 valence electrons. The molecule has 0 radical (unpaired) electrons. The number of esters is 1. The van der Waals surface area contributed by atoms with Crippen molar-refractivity contribution in [1.29, 1.82) is 0 Å². The summed E-state index contributed by atoms with van der Waals surface area (Å²) in [5.41, 5.74) is 1.78. The summed E-state index contributed by atoms with van der Waals surface area (Å²) in [4.78, 5) is 39.0. The zero-order chi connectivity index (χ0) is 24.5. The van der Waals surface area contributed by atoms with E-state index in [4.69, 9.17) is 28.6 Å². The van der Waals surface area contributed by atoms with Crippen LogP contribution in [0.2, 0.25) is 5.02 Å². The van der Waals surface area contributed by atoms with Crippen LogP contribution in [0.1, 0.15) is 48.5 Å². The number of rotatable bonds is 10. The number of thiocarbonyl (C=S) groups is 1. The van der Waals surface area contributed by atoms with Gasteiger partial charge in [0.2, 0.25) is 5.91 Å². The highest BCUT2D eigenvalue weighted by Crippen LogP contribution is 2.33. The van der Waals surface area contributed by atoms with Crippen molar-refractivity contribution in [2.24, 2.45) is 0 Å². The van der Waals surface area contributed by atoms with Crippen molar-refractivity contribution in [3.05, 3.63) is 69.6 Å². The van der Waals surface area contributed by atoms with Gasteiger partial charge in [-0.15, -0.1) is 0 Å². The van der Waals surface area contributed by atoms with E-state index in [0.717, 1.165) is 18.4 Å². The number of halogens is 1. The molecule has 0 atom stereocenters. The molecule has 2 aromatic rings. The van der Waals surface area contributed by atoms with Crippen LogP contribution in [0.4, 0.5) is 5.69 Å². The van der Waals surface area contributed by atoms with Gasteiger partial charge in [0.25, 0.3) is 5.91 Å². The lowest BCUT2D eigenvalue weighted by atomic mass is 10.2. The van der Waals surface area contributed by atoms with Crippen molar-refractivity contribution in [3.8, 4) is 0 Å². The van der Waals surface area contributed by atoms with Crippen LogP contribution in [-0.4, -0.2) is 40.2 Å². The Morgan fingerprint density at radius 1 is 1.15 bits per heavy atom. The number of hydrogen-bond acceptors (Lipinski definition) is 6. The minimum atomic E-state index is -0.376. The lowest BCUT2D eigenvalue weighted by Crippen LogP contribution is -2.29. The van der Waals surface area contributed by atoms with Gasteiger partial charge in [-0.2, -0.15) is 0 Å². The molecule has 6 nitrogen and oxygen atoms in total. The first-order valence-corrected chi connectivity index (χ1v) is 12.6. The number of anilines is 1. The molecule has 9 heteroatoms. The number of nitrogens with one attached hydrogen (secondary N) is 1. The van der Waals surface area contributed by atoms with Gasteiger partial charge in [-0.25, -0.2) is 4.79 Å². The molecule has 1 heterocycles. The predicted octanol–water partition coefficient (Wildman–Crippen LogP) is 5.92. The van der Waals surface area contributed by atoms with Gasteiger partial charge in [0.1, 0.15) is 4.32 Å². The Labute approximate surface area is 213 Å². The summed E-state index contributed by atoms with van der Waals surface area (Å²) in [5, 5.41) is 3.36. The Bertz CT molecular complexity index is 1100. The minimum Gasteiger partial charge on any atom is -0.462 e. The van der Waals surface area contributed by atoms with E-state index in [1.165, 1.54) is 16.7 Å². The van der Waals surface area contributed by atoms with Gasteiger partial charge < -0.3 is 10.1 Å². The van der Waals surface area contributed by atoms with Crippen molar-refractivity contribution in [3.63, 3.8) is 0 Å². The van der Waals surface area contributed by atoms with Gasteiger partial charge in [0.05, 0.1) is 17.1 Å². The number of ether oxygens (including phenoxy) is 1. The van der Waals surface area contributed by atoms with E-state index in [2.05, 4.69) is 5.32 Å². The standard InChI is InChI=1S/C25H25ClN2O4S2/c1-2-3-15-32-24(31)17-10-12-19(13-11-17)27-22(29)9-6-14-28-23(30)21(34-25(28)33)16-18-7-4-5-8-20(18)26/h4-5,7-8,10-13,16H,2-3,6,9,14-15H2,1H3,(H,27,29)/b21-16+. The second-order valence-corrected chi connectivity index (χ2v) is 9.66. The summed E-state index contributed by atoms with van der Waals surface area (Å²) < 4.78 is 5.64. The number of thioether (sulfide) groups is 1. The van der Waals surface area contributed by atoms with E-state index in [9.17, 15) is 14.4 Å². The van der Waals surface area contributed by atoms with E-state index in [1.54, 1.807) is 36.4 Å². The Morgan fingerprint density at radius 2 is 1.88 bits per heavy atom. The fraction of sp³-hybridized carbons (Fsp3) is 0.280. The van der Waals surface area contributed by atoms with E-state index < -0.39 is 0 Å². The quantitative estimate of drug-likeness (QED) is 0.183. The molecule has 34 heavy (non-hydrogen) atoms. The molecule has 0 spiro atoms. The lowest BCUT2D eigenvalue weighted by Gasteiger charge is -2.14. The van der Waals surface area contributed by atoms with E-state index in [1.807, 2.05) is 25.1 Å². The molecule has 1 aliphatic heterocycles. The van der Waals surface area contributed by atoms with E-state index in [-0.39, 0.29) is 24.2 Å². The second kappa shape index (κ2) is 12.7. The van der Waals surface area contributed by atoms with Crippen LogP contribution in [-0.2, 0) is 14.3 Å². The number of carbonyl (C=O) groups is 3. The number of benzene rings is 2. The smallest absolute Gasteiger partial charge is 0.338 e. The molecular formula is C25H25ClN2O4S2. The molecule has 0 bridgehead atoms. The molecular weight excluding hydrogens is 492 g/mol.